The molecule has 1 saturated heterocycles. The van der Waals surface area contributed by atoms with Gasteiger partial charge in [0.25, 0.3) is 0 Å². The van der Waals surface area contributed by atoms with Crippen molar-refractivity contribution in [1.82, 2.24) is 0 Å². The second-order valence-electron chi connectivity index (χ2n) is 11.1. The van der Waals surface area contributed by atoms with Crippen LogP contribution in [0.3, 0.4) is 0 Å². The summed E-state index contributed by atoms with van der Waals surface area (Å²) in [6.07, 6.45) is 12.8. The fourth-order valence-electron chi connectivity index (χ4n) is 4.87. The van der Waals surface area contributed by atoms with Crippen LogP contribution in [-0.4, -0.2) is 31.8 Å². The van der Waals surface area contributed by atoms with Crippen molar-refractivity contribution < 1.29 is 28.5 Å². The molecule has 6 nitrogen and oxygen atoms in total. The first kappa shape index (κ1) is 31.8. The predicted molar refractivity (Wildman–Crippen MR) is 158 cm³/mol. The Bertz CT molecular complexity index is 992. The van der Waals surface area contributed by atoms with Gasteiger partial charge in [-0.1, -0.05) is 90.7 Å². The number of rotatable bonds is 17. The maximum absolute atomic E-state index is 12.6. The topological polar surface area (TPSA) is 71.1 Å². The molecule has 0 radical (unpaired) electrons. The zero-order valence-electron chi connectivity index (χ0n) is 24.7. The summed E-state index contributed by atoms with van der Waals surface area (Å²) >= 11 is 0. The van der Waals surface area contributed by atoms with E-state index in [0.29, 0.717) is 48.5 Å². The lowest BCUT2D eigenvalue weighted by molar-refractivity contribution is -0.207. The third-order valence-electron chi connectivity index (χ3n) is 7.60. The van der Waals surface area contributed by atoms with Crippen LogP contribution in [0.2, 0.25) is 0 Å². The number of unbranched alkanes of at least 4 members (excludes halogenated alkanes) is 8. The molecule has 2 aromatic carbocycles. The van der Waals surface area contributed by atoms with Gasteiger partial charge in [-0.05, 0) is 55.2 Å². The summed E-state index contributed by atoms with van der Waals surface area (Å²) in [5.41, 5.74) is 1.75. The molecule has 0 bridgehead atoms. The molecule has 2 aromatic rings. The van der Waals surface area contributed by atoms with Crippen molar-refractivity contribution in [3.8, 4) is 5.75 Å². The van der Waals surface area contributed by atoms with Crippen molar-refractivity contribution in [2.24, 2.45) is 11.8 Å². The molecule has 3 rings (SSSR count). The molecule has 0 amide bonds. The quantitative estimate of drug-likeness (QED) is 0.111. The standard InChI is InChI=1S/C34H48O6/c1-4-6-7-8-9-10-11-12-13-22-37-32(35)28-18-20-31(21-19-28)40-33(36)29-14-16-30(17-15-29)34-38-24-27(25-39-34)23-26(3)5-2/h14-21,26-27,34H,4-13,22-25H2,1-3H3. The molecule has 40 heavy (non-hydrogen) atoms. The average molecular weight is 553 g/mol. The molecule has 0 saturated carbocycles. The van der Waals surface area contributed by atoms with Gasteiger partial charge < -0.3 is 18.9 Å². The van der Waals surface area contributed by atoms with Crippen LogP contribution in [0, 0.1) is 11.8 Å². The lowest BCUT2D eigenvalue weighted by Crippen LogP contribution is -2.28. The Balaban J connectivity index is 1.35. The summed E-state index contributed by atoms with van der Waals surface area (Å²) in [7, 11) is 0. The van der Waals surface area contributed by atoms with E-state index in [9.17, 15) is 9.59 Å². The molecular formula is C34H48O6. The Morgan fingerprint density at radius 1 is 0.775 bits per heavy atom. The van der Waals surface area contributed by atoms with Gasteiger partial charge in [0.05, 0.1) is 30.9 Å². The zero-order chi connectivity index (χ0) is 28.6. The number of ether oxygens (including phenoxy) is 4. The minimum Gasteiger partial charge on any atom is -0.462 e. The molecule has 0 aliphatic carbocycles. The molecule has 0 aromatic heterocycles. The van der Waals surface area contributed by atoms with E-state index in [1.807, 2.05) is 12.1 Å². The number of carbonyl (C=O) groups is 2. The third kappa shape index (κ3) is 11.1. The van der Waals surface area contributed by atoms with Crippen molar-refractivity contribution in [3.63, 3.8) is 0 Å². The average Bonchev–Trinajstić information content (AvgIpc) is 2.98. The van der Waals surface area contributed by atoms with E-state index < -0.39 is 12.3 Å². The van der Waals surface area contributed by atoms with Crippen molar-refractivity contribution in [2.75, 3.05) is 19.8 Å². The molecule has 0 N–H and O–H groups in total. The highest BCUT2D eigenvalue weighted by atomic mass is 16.7. The Kier molecular flexibility index (Phi) is 14.2. The summed E-state index contributed by atoms with van der Waals surface area (Å²) in [5, 5.41) is 0. The molecule has 1 aliphatic heterocycles. The van der Waals surface area contributed by atoms with Crippen molar-refractivity contribution >= 4 is 11.9 Å². The van der Waals surface area contributed by atoms with Gasteiger partial charge in [-0.2, -0.15) is 0 Å². The molecule has 0 spiro atoms. The van der Waals surface area contributed by atoms with Gasteiger partial charge in [0.15, 0.2) is 6.29 Å². The molecule has 1 unspecified atom stereocenters. The van der Waals surface area contributed by atoms with Crippen LogP contribution in [0.15, 0.2) is 48.5 Å². The number of hydrogen-bond acceptors (Lipinski definition) is 6. The predicted octanol–water partition coefficient (Wildman–Crippen LogP) is 8.69. The summed E-state index contributed by atoms with van der Waals surface area (Å²) < 4.78 is 22.8. The van der Waals surface area contributed by atoms with E-state index in [2.05, 4.69) is 20.8 Å². The smallest absolute Gasteiger partial charge is 0.343 e. The van der Waals surface area contributed by atoms with Crippen molar-refractivity contribution in [1.29, 1.82) is 0 Å². The summed E-state index contributed by atoms with van der Waals surface area (Å²) in [6, 6.07) is 13.6. The van der Waals surface area contributed by atoms with Crippen LogP contribution >= 0.6 is 0 Å². The van der Waals surface area contributed by atoms with Gasteiger partial charge in [-0.15, -0.1) is 0 Å². The maximum Gasteiger partial charge on any atom is 0.343 e. The normalized spacial score (nSPS) is 17.8. The number of carbonyl (C=O) groups excluding carboxylic acids is 2. The van der Waals surface area contributed by atoms with E-state index in [1.165, 1.54) is 44.9 Å². The van der Waals surface area contributed by atoms with Crippen LogP contribution in [0.25, 0.3) is 0 Å². The molecule has 6 heteroatoms. The van der Waals surface area contributed by atoms with Gasteiger partial charge in [-0.3, -0.25) is 0 Å². The largest absolute Gasteiger partial charge is 0.462 e. The Morgan fingerprint density at radius 3 is 1.93 bits per heavy atom. The fraction of sp³-hybridized carbons (Fsp3) is 0.588. The zero-order valence-corrected chi connectivity index (χ0v) is 24.7. The van der Waals surface area contributed by atoms with Gasteiger partial charge >= 0.3 is 11.9 Å². The van der Waals surface area contributed by atoms with Crippen LogP contribution in [0.4, 0.5) is 0 Å². The van der Waals surface area contributed by atoms with E-state index in [1.54, 1.807) is 36.4 Å². The van der Waals surface area contributed by atoms with E-state index in [-0.39, 0.29) is 5.97 Å². The first-order valence-electron chi connectivity index (χ1n) is 15.3. The monoisotopic (exact) mass is 552 g/mol. The Hall–Kier alpha value is -2.70. The first-order chi connectivity index (χ1) is 19.5. The van der Waals surface area contributed by atoms with Crippen molar-refractivity contribution in [3.05, 3.63) is 65.2 Å². The summed E-state index contributed by atoms with van der Waals surface area (Å²) in [6.45, 7) is 8.49. The second kappa shape index (κ2) is 17.9. The van der Waals surface area contributed by atoms with E-state index in [0.717, 1.165) is 31.2 Å². The van der Waals surface area contributed by atoms with Gasteiger partial charge in [0.1, 0.15) is 5.75 Å². The summed E-state index contributed by atoms with van der Waals surface area (Å²) in [5.74, 6) is 0.639. The molecule has 1 aliphatic rings. The minimum atomic E-state index is -0.466. The highest BCUT2D eigenvalue weighted by Gasteiger charge is 2.25. The van der Waals surface area contributed by atoms with Gasteiger partial charge in [0, 0.05) is 11.5 Å². The van der Waals surface area contributed by atoms with Crippen LogP contribution in [0.1, 0.15) is 124 Å². The fourth-order valence-corrected chi connectivity index (χ4v) is 4.87. The molecule has 1 heterocycles. The maximum atomic E-state index is 12.6. The molecule has 1 fully saturated rings. The van der Waals surface area contributed by atoms with E-state index >= 15 is 0 Å². The Morgan fingerprint density at radius 2 is 1.32 bits per heavy atom. The van der Waals surface area contributed by atoms with Crippen molar-refractivity contribution in [2.45, 2.75) is 97.7 Å². The minimum absolute atomic E-state index is 0.355. The van der Waals surface area contributed by atoms with Gasteiger partial charge in [-0.25, -0.2) is 9.59 Å². The van der Waals surface area contributed by atoms with Crippen LogP contribution in [0.5, 0.6) is 5.75 Å². The highest BCUT2D eigenvalue weighted by molar-refractivity contribution is 5.92. The Labute approximate surface area is 240 Å². The SMILES string of the molecule is CCCCCCCCCCCOC(=O)c1ccc(OC(=O)c2ccc(C3OCC(CC(C)CC)CO3)cc2)cc1. The lowest BCUT2D eigenvalue weighted by atomic mass is 9.94. The lowest BCUT2D eigenvalue weighted by Gasteiger charge is -2.30. The number of benzene rings is 2. The summed E-state index contributed by atoms with van der Waals surface area (Å²) in [4.78, 5) is 25.0. The third-order valence-corrected chi connectivity index (χ3v) is 7.60. The molecular weight excluding hydrogens is 504 g/mol. The van der Waals surface area contributed by atoms with Gasteiger partial charge in [0.2, 0.25) is 0 Å². The highest BCUT2D eigenvalue weighted by Crippen LogP contribution is 2.28. The molecule has 1 atom stereocenters. The van der Waals surface area contributed by atoms with E-state index in [4.69, 9.17) is 18.9 Å². The number of esters is 2. The van der Waals surface area contributed by atoms with Crippen LogP contribution < -0.4 is 4.74 Å². The second-order valence-corrected chi connectivity index (χ2v) is 11.1. The first-order valence-corrected chi connectivity index (χ1v) is 15.3. The number of hydrogen-bond donors (Lipinski definition) is 0. The van der Waals surface area contributed by atoms with Crippen LogP contribution in [-0.2, 0) is 14.2 Å². The molecule has 220 valence electrons.